The average molecular weight is 356 g/mol. The highest BCUT2D eigenvalue weighted by Crippen LogP contribution is 2.33. The maximum atomic E-state index is 12.9. The number of fused-ring (bicyclic) bond motifs is 1. The summed E-state index contributed by atoms with van der Waals surface area (Å²) in [5, 5.41) is 4.57. The van der Waals surface area contributed by atoms with E-state index in [1.165, 1.54) is 5.69 Å². The van der Waals surface area contributed by atoms with Crippen LogP contribution < -0.4 is 0 Å². The van der Waals surface area contributed by atoms with E-state index in [0.717, 1.165) is 44.0 Å². The topological polar surface area (TPSA) is 54.5 Å². The lowest BCUT2D eigenvalue weighted by Crippen LogP contribution is -2.33. The summed E-state index contributed by atoms with van der Waals surface area (Å²) in [4.78, 5) is 17.3. The van der Waals surface area contributed by atoms with Crippen molar-refractivity contribution in [2.75, 3.05) is 26.2 Å². The Kier molecular flexibility index (Phi) is 4.39. The predicted molar refractivity (Wildman–Crippen MR) is 98.9 cm³/mol. The lowest BCUT2D eigenvalue weighted by atomic mass is 10.0. The van der Waals surface area contributed by atoms with Gasteiger partial charge in [0.05, 0.1) is 12.0 Å². The van der Waals surface area contributed by atoms with Crippen molar-refractivity contribution in [3.8, 4) is 0 Å². The number of amides is 1. The highest BCUT2D eigenvalue weighted by atomic mass is 16.3. The van der Waals surface area contributed by atoms with Crippen LogP contribution in [0.5, 0.6) is 0 Å². The van der Waals surface area contributed by atoms with Gasteiger partial charge in [-0.15, -0.1) is 0 Å². The minimum atomic E-state index is 0.0556. The Hall–Kier alpha value is -2.08. The van der Waals surface area contributed by atoms with Crippen LogP contribution in [0, 0.1) is 18.8 Å². The van der Waals surface area contributed by atoms with Gasteiger partial charge in [-0.1, -0.05) is 13.8 Å². The zero-order chi connectivity index (χ0) is 18.4. The van der Waals surface area contributed by atoms with E-state index in [-0.39, 0.29) is 5.91 Å². The van der Waals surface area contributed by atoms with E-state index in [2.05, 4.69) is 36.8 Å². The molecule has 0 unspecified atom stereocenters. The van der Waals surface area contributed by atoms with Gasteiger partial charge in [-0.05, 0) is 36.8 Å². The molecule has 2 aromatic rings. The predicted octanol–water partition coefficient (Wildman–Crippen LogP) is 2.65. The van der Waals surface area contributed by atoms with E-state index in [0.29, 0.717) is 23.5 Å². The van der Waals surface area contributed by atoms with Crippen LogP contribution in [-0.2, 0) is 13.6 Å². The fourth-order valence-electron chi connectivity index (χ4n) is 4.42. The molecule has 6 nitrogen and oxygen atoms in total. The lowest BCUT2D eigenvalue weighted by molar-refractivity contribution is 0.0739. The van der Waals surface area contributed by atoms with Crippen molar-refractivity contribution in [2.45, 2.75) is 33.2 Å². The van der Waals surface area contributed by atoms with Crippen LogP contribution in [0.4, 0.5) is 0 Å². The molecule has 0 aliphatic carbocycles. The summed E-state index contributed by atoms with van der Waals surface area (Å²) in [6.07, 6.45) is 1.63. The Morgan fingerprint density at radius 2 is 1.96 bits per heavy atom. The number of aryl methyl sites for hydroxylation is 2. The number of likely N-dealkylation sites (tertiary alicyclic amines) is 2. The minimum Gasteiger partial charge on any atom is -0.459 e. The van der Waals surface area contributed by atoms with Crippen LogP contribution in [0.3, 0.4) is 0 Å². The SMILES string of the molecule is Cc1cc(CN2C[C@@H]3CN(C(=O)c4occc4C(C)C)C[C@@H]3C2)nn1C. The van der Waals surface area contributed by atoms with E-state index in [4.69, 9.17) is 4.42 Å². The van der Waals surface area contributed by atoms with Crippen LogP contribution in [0.1, 0.15) is 47.3 Å². The van der Waals surface area contributed by atoms with E-state index in [1.807, 2.05) is 22.7 Å². The summed E-state index contributed by atoms with van der Waals surface area (Å²) in [7, 11) is 1.99. The van der Waals surface area contributed by atoms with Crippen molar-refractivity contribution in [1.29, 1.82) is 0 Å². The fraction of sp³-hybridized carbons (Fsp3) is 0.600. The third-order valence-corrected chi connectivity index (χ3v) is 5.91. The third-order valence-electron chi connectivity index (χ3n) is 5.91. The molecule has 4 heterocycles. The first-order chi connectivity index (χ1) is 12.4. The Labute approximate surface area is 154 Å². The molecule has 2 fully saturated rings. The second-order valence-electron chi connectivity index (χ2n) is 8.18. The Morgan fingerprint density at radius 3 is 2.54 bits per heavy atom. The van der Waals surface area contributed by atoms with Crippen LogP contribution in [0.25, 0.3) is 0 Å². The molecular formula is C20H28N4O2. The van der Waals surface area contributed by atoms with E-state index >= 15 is 0 Å². The number of nitrogens with zero attached hydrogens (tertiary/aromatic N) is 4. The standard InChI is InChI=1S/C20H28N4O2/c1-13(2)18-5-6-26-19(18)20(25)24-10-15-8-23(9-16(15)11-24)12-17-7-14(3)22(4)21-17/h5-7,13,15-16H,8-12H2,1-4H3/t15-,16+. The molecule has 0 N–H and O–H groups in total. The number of hydrogen-bond donors (Lipinski definition) is 0. The Bertz CT molecular complexity index is 773. The Morgan fingerprint density at radius 1 is 1.27 bits per heavy atom. The molecule has 2 aliphatic rings. The van der Waals surface area contributed by atoms with Gasteiger partial charge in [0, 0.05) is 51.0 Å². The first-order valence-corrected chi connectivity index (χ1v) is 9.51. The summed E-state index contributed by atoms with van der Waals surface area (Å²) in [5.41, 5.74) is 3.34. The second kappa shape index (κ2) is 6.58. The molecule has 2 aliphatic heterocycles. The van der Waals surface area contributed by atoms with Gasteiger partial charge in [0.25, 0.3) is 5.91 Å². The Balaban J connectivity index is 1.37. The van der Waals surface area contributed by atoms with Gasteiger partial charge in [-0.3, -0.25) is 14.4 Å². The van der Waals surface area contributed by atoms with Gasteiger partial charge in [-0.25, -0.2) is 0 Å². The molecular weight excluding hydrogens is 328 g/mol. The summed E-state index contributed by atoms with van der Waals surface area (Å²) in [6.45, 7) is 10.9. The van der Waals surface area contributed by atoms with Crippen molar-refractivity contribution >= 4 is 5.91 Å². The molecule has 4 rings (SSSR count). The first-order valence-electron chi connectivity index (χ1n) is 9.51. The minimum absolute atomic E-state index is 0.0556. The number of hydrogen-bond acceptors (Lipinski definition) is 4. The summed E-state index contributed by atoms with van der Waals surface area (Å²) >= 11 is 0. The number of carbonyl (C=O) groups is 1. The molecule has 0 radical (unpaired) electrons. The molecule has 0 saturated carbocycles. The maximum Gasteiger partial charge on any atom is 0.289 e. The van der Waals surface area contributed by atoms with E-state index in [9.17, 15) is 4.79 Å². The molecule has 1 amide bonds. The van der Waals surface area contributed by atoms with Crippen LogP contribution in [0.2, 0.25) is 0 Å². The number of furan rings is 1. The molecule has 6 heteroatoms. The van der Waals surface area contributed by atoms with Crippen molar-refractivity contribution in [1.82, 2.24) is 19.6 Å². The zero-order valence-electron chi connectivity index (χ0n) is 16.1. The zero-order valence-corrected chi connectivity index (χ0v) is 16.1. The second-order valence-corrected chi connectivity index (χ2v) is 8.18. The van der Waals surface area contributed by atoms with Crippen molar-refractivity contribution < 1.29 is 9.21 Å². The number of carbonyl (C=O) groups excluding carboxylic acids is 1. The van der Waals surface area contributed by atoms with Gasteiger partial charge in [0.15, 0.2) is 5.76 Å². The molecule has 0 aromatic carbocycles. The van der Waals surface area contributed by atoms with E-state index in [1.54, 1.807) is 6.26 Å². The number of aromatic nitrogens is 2. The fourth-order valence-corrected chi connectivity index (χ4v) is 4.42. The molecule has 140 valence electrons. The first kappa shape index (κ1) is 17.3. The molecule has 2 saturated heterocycles. The van der Waals surface area contributed by atoms with Crippen molar-refractivity contribution in [3.05, 3.63) is 41.1 Å². The van der Waals surface area contributed by atoms with Crippen LogP contribution in [-0.4, -0.2) is 51.7 Å². The third kappa shape index (κ3) is 3.07. The quantitative estimate of drug-likeness (QED) is 0.845. The molecule has 26 heavy (non-hydrogen) atoms. The van der Waals surface area contributed by atoms with Gasteiger partial charge in [0.2, 0.25) is 0 Å². The van der Waals surface area contributed by atoms with Crippen molar-refractivity contribution in [2.24, 2.45) is 18.9 Å². The molecule has 0 spiro atoms. The smallest absolute Gasteiger partial charge is 0.289 e. The van der Waals surface area contributed by atoms with Crippen molar-refractivity contribution in [3.63, 3.8) is 0 Å². The van der Waals surface area contributed by atoms with E-state index < -0.39 is 0 Å². The summed E-state index contributed by atoms with van der Waals surface area (Å²) in [5.74, 6) is 2.00. The number of rotatable bonds is 4. The molecule has 0 bridgehead atoms. The normalized spacial score (nSPS) is 23.2. The maximum absolute atomic E-state index is 12.9. The van der Waals surface area contributed by atoms with Gasteiger partial charge in [-0.2, -0.15) is 5.10 Å². The lowest BCUT2D eigenvalue weighted by Gasteiger charge is -2.21. The van der Waals surface area contributed by atoms with Crippen LogP contribution in [0.15, 0.2) is 22.8 Å². The van der Waals surface area contributed by atoms with Crippen LogP contribution >= 0.6 is 0 Å². The largest absolute Gasteiger partial charge is 0.459 e. The van der Waals surface area contributed by atoms with Gasteiger partial charge in [0.1, 0.15) is 0 Å². The summed E-state index contributed by atoms with van der Waals surface area (Å²) < 4.78 is 7.46. The van der Waals surface area contributed by atoms with Gasteiger partial charge < -0.3 is 9.32 Å². The molecule has 2 aromatic heterocycles. The van der Waals surface area contributed by atoms with Gasteiger partial charge >= 0.3 is 0 Å². The average Bonchev–Trinajstić information content (AvgIpc) is 3.31. The molecule has 2 atom stereocenters. The highest BCUT2D eigenvalue weighted by Gasteiger charge is 2.42. The monoisotopic (exact) mass is 356 g/mol. The highest BCUT2D eigenvalue weighted by molar-refractivity contribution is 5.93. The summed E-state index contributed by atoms with van der Waals surface area (Å²) in [6, 6.07) is 4.08.